The molecule has 5 nitrogen and oxygen atoms in total. The predicted molar refractivity (Wildman–Crippen MR) is 102 cm³/mol. The fourth-order valence-electron chi connectivity index (χ4n) is 4.98. The Bertz CT molecular complexity index is 687. The average Bonchev–Trinajstić information content (AvgIpc) is 2.65. The van der Waals surface area contributed by atoms with Crippen LogP contribution in [0, 0.1) is 5.92 Å². The molecule has 0 aliphatic heterocycles. The number of unbranched alkanes of at least 4 members (excludes halogenated alkanes) is 1. The van der Waals surface area contributed by atoms with Crippen molar-refractivity contribution in [3.05, 3.63) is 35.1 Å². The molecule has 0 saturated heterocycles. The molecule has 0 fully saturated rings. The maximum Gasteiger partial charge on any atom is 0.161 e. The summed E-state index contributed by atoms with van der Waals surface area (Å²) in [6.07, 6.45) is 6.57. The lowest BCUT2D eigenvalue weighted by Gasteiger charge is -2.51. The van der Waals surface area contributed by atoms with Crippen molar-refractivity contribution in [3.63, 3.8) is 0 Å². The third-order valence-corrected chi connectivity index (χ3v) is 6.21. The molecule has 0 radical (unpaired) electrons. The number of aromatic hydroxyl groups is 1. The van der Waals surface area contributed by atoms with Crippen LogP contribution in [-0.4, -0.2) is 38.6 Å². The minimum Gasteiger partial charge on any atom is -0.504 e. The van der Waals surface area contributed by atoms with Crippen LogP contribution in [0.25, 0.3) is 0 Å². The van der Waals surface area contributed by atoms with E-state index in [4.69, 9.17) is 19.9 Å². The Labute approximate surface area is 156 Å². The van der Waals surface area contributed by atoms with Crippen molar-refractivity contribution in [2.24, 2.45) is 11.7 Å². The van der Waals surface area contributed by atoms with Gasteiger partial charge in [-0.15, -0.1) is 0 Å². The molecule has 3 N–H and O–H groups in total. The Morgan fingerprint density at radius 2 is 2.00 bits per heavy atom. The monoisotopic (exact) mass is 361 g/mol. The molecule has 3 unspecified atom stereocenters. The fourth-order valence-corrected chi connectivity index (χ4v) is 4.98. The predicted octanol–water partition coefficient (Wildman–Crippen LogP) is 3.28. The molecular weight excluding hydrogens is 330 g/mol. The van der Waals surface area contributed by atoms with Gasteiger partial charge in [0.15, 0.2) is 11.5 Å². The third-order valence-electron chi connectivity index (χ3n) is 6.21. The zero-order valence-electron chi connectivity index (χ0n) is 16.2. The van der Waals surface area contributed by atoms with Gasteiger partial charge in [0, 0.05) is 30.0 Å². The highest BCUT2D eigenvalue weighted by molar-refractivity contribution is 5.57. The first-order valence-electron chi connectivity index (χ1n) is 9.45. The van der Waals surface area contributed by atoms with E-state index < -0.39 is 0 Å². The van der Waals surface area contributed by atoms with E-state index in [1.807, 2.05) is 6.07 Å². The normalized spacial score (nSPS) is 30.2. The summed E-state index contributed by atoms with van der Waals surface area (Å²) in [4.78, 5) is 0. The molecule has 1 aromatic rings. The molecule has 0 spiro atoms. The van der Waals surface area contributed by atoms with Gasteiger partial charge in [0.2, 0.25) is 0 Å². The van der Waals surface area contributed by atoms with Crippen molar-refractivity contribution < 1.29 is 19.3 Å². The van der Waals surface area contributed by atoms with E-state index in [0.717, 1.165) is 49.0 Å². The molecule has 0 amide bonds. The summed E-state index contributed by atoms with van der Waals surface area (Å²) in [6.45, 7) is 2.19. The van der Waals surface area contributed by atoms with Crippen LogP contribution in [0.2, 0.25) is 0 Å². The molecule has 0 saturated carbocycles. The maximum absolute atomic E-state index is 11.0. The number of hydrogen-bond acceptors (Lipinski definition) is 5. The van der Waals surface area contributed by atoms with Crippen LogP contribution < -0.4 is 10.5 Å². The SMILES string of the molecule is CCCC[C@@]12CC(OC)C(OC)=CC1C(N)Cc1ccc(OC)c(O)c12. The quantitative estimate of drug-likeness (QED) is 0.813. The lowest BCUT2D eigenvalue weighted by molar-refractivity contribution is 0.0210. The van der Waals surface area contributed by atoms with Gasteiger partial charge in [-0.2, -0.15) is 0 Å². The first-order valence-corrected chi connectivity index (χ1v) is 9.45. The molecule has 1 aromatic carbocycles. The van der Waals surface area contributed by atoms with E-state index in [1.165, 1.54) is 0 Å². The van der Waals surface area contributed by atoms with Gasteiger partial charge in [0.25, 0.3) is 0 Å². The molecule has 3 rings (SSSR count). The van der Waals surface area contributed by atoms with Crippen molar-refractivity contribution >= 4 is 0 Å². The smallest absolute Gasteiger partial charge is 0.161 e. The second-order valence-corrected chi connectivity index (χ2v) is 7.51. The van der Waals surface area contributed by atoms with Crippen LogP contribution in [0.4, 0.5) is 0 Å². The van der Waals surface area contributed by atoms with Crippen LogP contribution in [0.3, 0.4) is 0 Å². The Kier molecular flexibility index (Phi) is 5.49. The summed E-state index contributed by atoms with van der Waals surface area (Å²) < 4.78 is 16.8. The number of fused-ring (bicyclic) bond motifs is 3. The van der Waals surface area contributed by atoms with E-state index in [9.17, 15) is 5.11 Å². The van der Waals surface area contributed by atoms with Crippen LogP contribution in [0.1, 0.15) is 43.7 Å². The lowest BCUT2D eigenvalue weighted by Crippen LogP contribution is -2.54. The molecule has 0 aromatic heterocycles. The Hall–Kier alpha value is -1.72. The first kappa shape index (κ1) is 19.1. The highest BCUT2D eigenvalue weighted by Gasteiger charge is 2.52. The third kappa shape index (κ3) is 2.87. The summed E-state index contributed by atoms with van der Waals surface area (Å²) in [5.41, 5.74) is 8.47. The molecule has 0 bridgehead atoms. The van der Waals surface area contributed by atoms with E-state index in [-0.39, 0.29) is 29.2 Å². The largest absolute Gasteiger partial charge is 0.504 e. The first-order chi connectivity index (χ1) is 12.5. The van der Waals surface area contributed by atoms with E-state index in [1.54, 1.807) is 21.3 Å². The number of rotatable bonds is 6. The molecular formula is C21H31NO4. The lowest BCUT2D eigenvalue weighted by atomic mass is 9.55. The zero-order chi connectivity index (χ0) is 18.9. The van der Waals surface area contributed by atoms with E-state index in [0.29, 0.717) is 5.75 Å². The second kappa shape index (κ2) is 7.49. The minimum absolute atomic E-state index is 0.0184. The van der Waals surface area contributed by atoms with Crippen LogP contribution in [0.5, 0.6) is 11.5 Å². The Morgan fingerprint density at radius 3 is 2.62 bits per heavy atom. The minimum atomic E-state index is -0.273. The van der Waals surface area contributed by atoms with Gasteiger partial charge in [0.05, 0.1) is 14.2 Å². The highest BCUT2D eigenvalue weighted by Crippen LogP contribution is 2.56. The maximum atomic E-state index is 11.0. The van der Waals surface area contributed by atoms with Crippen LogP contribution in [0.15, 0.2) is 24.0 Å². The van der Waals surface area contributed by atoms with Gasteiger partial charge in [-0.05, 0) is 37.0 Å². The zero-order valence-corrected chi connectivity index (χ0v) is 16.2. The molecule has 144 valence electrons. The van der Waals surface area contributed by atoms with Crippen molar-refractivity contribution in [2.75, 3.05) is 21.3 Å². The summed E-state index contributed by atoms with van der Waals surface area (Å²) >= 11 is 0. The molecule has 26 heavy (non-hydrogen) atoms. The summed E-state index contributed by atoms with van der Waals surface area (Å²) in [5.74, 6) is 1.71. The van der Waals surface area contributed by atoms with Crippen molar-refractivity contribution in [1.29, 1.82) is 0 Å². The Balaban J connectivity index is 2.23. The van der Waals surface area contributed by atoms with Crippen LogP contribution >= 0.6 is 0 Å². The summed E-state index contributed by atoms with van der Waals surface area (Å²) in [7, 11) is 4.98. The van der Waals surface area contributed by atoms with Gasteiger partial charge in [-0.25, -0.2) is 0 Å². The molecule has 2 aliphatic rings. The highest BCUT2D eigenvalue weighted by atomic mass is 16.5. The van der Waals surface area contributed by atoms with Gasteiger partial charge < -0.3 is 25.1 Å². The molecule has 5 heteroatoms. The second-order valence-electron chi connectivity index (χ2n) is 7.51. The van der Waals surface area contributed by atoms with Gasteiger partial charge in [-0.1, -0.05) is 25.8 Å². The average molecular weight is 361 g/mol. The number of hydrogen-bond donors (Lipinski definition) is 2. The van der Waals surface area contributed by atoms with Gasteiger partial charge in [-0.3, -0.25) is 0 Å². The molecule has 2 aliphatic carbocycles. The Morgan fingerprint density at radius 1 is 1.23 bits per heavy atom. The molecule has 4 atom stereocenters. The van der Waals surface area contributed by atoms with Crippen LogP contribution in [-0.2, 0) is 21.3 Å². The standard InChI is InChI=1S/C21H31NO4/c1-5-6-9-21-12-18(26-4)17(25-3)11-14(21)15(22)10-13-7-8-16(24-2)20(23)19(13)21/h7-8,11,14-15,18,23H,5-6,9-10,12,22H2,1-4H3/t14?,15?,18?,21-/m1/s1. The fraction of sp³-hybridized carbons (Fsp3) is 0.619. The van der Waals surface area contributed by atoms with Gasteiger partial charge >= 0.3 is 0 Å². The van der Waals surface area contributed by atoms with E-state index >= 15 is 0 Å². The molecule has 0 heterocycles. The van der Waals surface area contributed by atoms with Crippen molar-refractivity contribution in [3.8, 4) is 11.5 Å². The van der Waals surface area contributed by atoms with Crippen molar-refractivity contribution in [2.45, 2.75) is 56.6 Å². The number of nitrogens with two attached hydrogens (primary N) is 1. The van der Waals surface area contributed by atoms with E-state index in [2.05, 4.69) is 19.1 Å². The number of benzene rings is 1. The number of phenols is 1. The summed E-state index contributed by atoms with van der Waals surface area (Å²) in [5, 5.41) is 11.0. The van der Waals surface area contributed by atoms with Crippen molar-refractivity contribution in [1.82, 2.24) is 0 Å². The summed E-state index contributed by atoms with van der Waals surface area (Å²) in [6, 6.07) is 3.87. The number of methoxy groups -OCH3 is 3. The topological polar surface area (TPSA) is 73.9 Å². The van der Waals surface area contributed by atoms with Gasteiger partial charge in [0.1, 0.15) is 11.9 Å². The number of phenolic OH excluding ortho intramolecular Hbond substituents is 1. The number of ether oxygens (including phenoxy) is 3.